The van der Waals surface area contributed by atoms with Crippen LogP contribution in [0.1, 0.15) is 47.8 Å². The van der Waals surface area contributed by atoms with Gasteiger partial charge in [0, 0.05) is 6.54 Å². The summed E-state index contributed by atoms with van der Waals surface area (Å²) in [5, 5.41) is 3.02. The average molecular weight is 370 g/mol. The maximum absolute atomic E-state index is 12.4. The molecule has 146 valence electrons. The second-order valence-corrected chi connectivity index (χ2v) is 7.45. The van der Waals surface area contributed by atoms with E-state index in [1.54, 1.807) is 6.26 Å². The topological polar surface area (TPSA) is 54.7 Å². The van der Waals surface area contributed by atoms with E-state index in [4.69, 9.17) is 9.15 Å². The molecule has 1 saturated heterocycles. The van der Waals surface area contributed by atoms with E-state index < -0.39 is 0 Å². The monoisotopic (exact) mass is 370 g/mol. The first-order chi connectivity index (χ1) is 13.0. The number of furan rings is 1. The number of nitrogens with one attached hydrogen (secondary N) is 1. The van der Waals surface area contributed by atoms with Gasteiger partial charge < -0.3 is 14.5 Å². The van der Waals surface area contributed by atoms with Crippen LogP contribution in [-0.4, -0.2) is 37.0 Å². The van der Waals surface area contributed by atoms with Gasteiger partial charge in [-0.25, -0.2) is 0 Å². The van der Waals surface area contributed by atoms with Crippen molar-refractivity contribution >= 4 is 5.91 Å². The second-order valence-electron chi connectivity index (χ2n) is 7.45. The molecule has 1 N–H and O–H groups in total. The predicted octanol–water partition coefficient (Wildman–Crippen LogP) is 3.93. The molecule has 0 bridgehead atoms. The fraction of sp³-hybridized carbons (Fsp3) is 0.500. The first kappa shape index (κ1) is 19.5. The number of amides is 1. The Morgan fingerprint density at radius 2 is 1.89 bits per heavy atom. The third kappa shape index (κ3) is 5.13. The lowest BCUT2D eigenvalue weighted by molar-refractivity contribution is -0.123. The summed E-state index contributed by atoms with van der Waals surface area (Å²) in [6.07, 6.45) is 5.36. The zero-order valence-electron chi connectivity index (χ0n) is 16.6. The van der Waals surface area contributed by atoms with Crippen molar-refractivity contribution in [2.75, 3.05) is 26.2 Å². The highest BCUT2D eigenvalue weighted by atomic mass is 16.5. The van der Waals surface area contributed by atoms with Crippen molar-refractivity contribution in [3.8, 4) is 5.75 Å². The van der Waals surface area contributed by atoms with Crippen LogP contribution < -0.4 is 10.1 Å². The summed E-state index contributed by atoms with van der Waals surface area (Å²) < 4.78 is 11.4. The minimum atomic E-state index is -0.108. The second kappa shape index (κ2) is 9.09. The number of piperidine rings is 1. The normalized spacial score (nSPS) is 16.1. The number of aryl methyl sites for hydroxylation is 3. The first-order valence-corrected chi connectivity index (χ1v) is 9.79. The van der Waals surface area contributed by atoms with Gasteiger partial charge in [0.15, 0.2) is 6.61 Å². The van der Waals surface area contributed by atoms with E-state index in [1.807, 2.05) is 26.0 Å². The number of ether oxygens (including phenoxy) is 1. The Morgan fingerprint density at radius 3 is 2.52 bits per heavy atom. The SMILES string of the molecule is Cc1cc(C)c(OCC(=O)NC[C@H](c2ccco2)N2CCCCC2)c(C)c1. The van der Waals surface area contributed by atoms with Crippen LogP contribution in [-0.2, 0) is 4.79 Å². The van der Waals surface area contributed by atoms with Crippen molar-refractivity contribution < 1.29 is 13.9 Å². The Hall–Kier alpha value is -2.27. The van der Waals surface area contributed by atoms with Gasteiger partial charge in [-0.05, 0) is 70.0 Å². The van der Waals surface area contributed by atoms with Crippen molar-refractivity contribution in [3.63, 3.8) is 0 Å². The summed E-state index contributed by atoms with van der Waals surface area (Å²) in [6.45, 7) is 8.72. The van der Waals surface area contributed by atoms with Crippen LogP contribution in [0.2, 0.25) is 0 Å². The Balaban J connectivity index is 1.56. The molecule has 1 aliphatic heterocycles. The van der Waals surface area contributed by atoms with E-state index >= 15 is 0 Å². The minimum absolute atomic E-state index is 0.0234. The van der Waals surface area contributed by atoms with Crippen LogP contribution in [0, 0.1) is 20.8 Å². The Labute approximate surface area is 161 Å². The summed E-state index contributed by atoms with van der Waals surface area (Å²) >= 11 is 0. The van der Waals surface area contributed by atoms with Crippen molar-refractivity contribution in [1.29, 1.82) is 0 Å². The Kier molecular flexibility index (Phi) is 6.56. The van der Waals surface area contributed by atoms with Gasteiger partial charge >= 0.3 is 0 Å². The number of rotatable bonds is 7. The molecule has 1 fully saturated rings. The molecule has 1 aromatic carbocycles. The lowest BCUT2D eigenvalue weighted by Crippen LogP contribution is -2.41. The molecule has 0 spiro atoms. The third-order valence-electron chi connectivity index (χ3n) is 5.15. The van der Waals surface area contributed by atoms with E-state index in [1.165, 1.54) is 24.8 Å². The summed E-state index contributed by atoms with van der Waals surface area (Å²) in [4.78, 5) is 14.8. The van der Waals surface area contributed by atoms with Gasteiger partial charge in [0.2, 0.25) is 0 Å². The van der Waals surface area contributed by atoms with Crippen LogP contribution in [0.3, 0.4) is 0 Å². The van der Waals surface area contributed by atoms with Crippen molar-refractivity contribution in [2.24, 2.45) is 0 Å². The average Bonchev–Trinajstić information content (AvgIpc) is 3.16. The van der Waals surface area contributed by atoms with Gasteiger partial charge in [0.1, 0.15) is 11.5 Å². The van der Waals surface area contributed by atoms with Crippen molar-refractivity contribution in [3.05, 3.63) is 53.0 Å². The molecule has 0 aliphatic carbocycles. The van der Waals surface area contributed by atoms with Crippen LogP contribution >= 0.6 is 0 Å². The van der Waals surface area contributed by atoms with E-state index in [-0.39, 0.29) is 18.6 Å². The maximum atomic E-state index is 12.4. The summed E-state index contributed by atoms with van der Waals surface area (Å²) in [5.74, 6) is 1.60. The van der Waals surface area contributed by atoms with Gasteiger partial charge in [-0.15, -0.1) is 0 Å². The zero-order valence-corrected chi connectivity index (χ0v) is 16.6. The van der Waals surface area contributed by atoms with E-state index in [2.05, 4.69) is 29.3 Å². The molecule has 5 heteroatoms. The number of nitrogens with zero attached hydrogens (tertiary/aromatic N) is 1. The summed E-state index contributed by atoms with van der Waals surface area (Å²) in [5.41, 5.74) is 3.31. The number of likely N-dealkylation sites (tertiary alicyclic amines) is 1. The molecule has 0 saturated carbocycles. The van der Waals surface area contributed by atoms with Gasteiger partial charge in [0.25, 0.3) is 5.91 Å². The molecular weight excluding hydrogens is 340 g/mol. The molecule has 3 rings (SSSR count). The Morgan fingerprint density at radius 1 is 1.19 bits per heavy atom. The number of benzene rings is 1. The summed E-state index contributed by atoms with van der Waals surface area (Å²) in [7, 11) is 0. The molecule has 2 aromatic rings. The summed E-state index contributed by atoms with van der Waals surface area (Å²) in [6, 6.07) is 8.11. The molecule has 1 atom stereocenters. The largest absolute Gasteiger partial charge is 0.483 e. The predicted molar refractivity (Wildman–Crippen MR) is 106 cm³/mol. The van der Waals surface area contributed by atoms with Gasteiger partial charge in [-0.1, -0.05) is 24.1 Å². The highest BCUT2D eigenvalue weighted by Crippen LogP contribution is 2.25. The molecule has 1 aliphatic rings. The molecule has 2 heterocycles. The van der Waals surface area contributed by atoms with E-state index in [0.29, 0.717) is 6.54 Å². The molecule has 0 radical (unpaired) electrons. The van der Waals surface area contributed by atoms with Crippen molar-refractivity contribution in [1.82, 2.24) is 10.2 Å². The lowest BCUT2D eigenvalue weighted by atomic mass is 10.1. The molecule has 5 nitrogen and oxygen atoms in total. The quantitative estimate of drug-likeness (QED) is 0.802. The highest BCUT2D eigenvalue weighted by molar-refractivity contribution is 5.77. The number of hydrogen-bond acceptors (Lipinski definition) is 4. The van der Waals surface area contributed by atoms with Gasteiger partial charge in [-0.2, -0.15) is 0 Å². The van der Waals surface area contributed by atoms with Crippen LogP contribution in [0.15, 0.2) is 34.9 Å². The molecule has 1 aromatic heterocycles. The fourth-order valence-corrected chi connectivity index (χ4v) is 3.91. The molecule has 27 heavy (non-hydrogen) atoms. The molecule has 0 unspecified atom stereocenters. The van der Waals surface area contributed by atoms with Crippen LogP contribution in [0.4, 0.5) is 0 Å². The number of carbonyl (C=O) groups excluding carboxylic acids is 1. The maximum Gasteiger partial charge on any atom is 0.258 e. The van der Waals surface area contributed by atoms with E-state index in [0.717, 1.165) is 35.7 Å². The van der Waals surface area contributed by atoms with Crippen molar-refractivity contribution in [2.45, 2.75) is 46.1 Å². The first-order valence-electron chi connectivity index (χ1n) is 9.79. The number of carbonyl (C=O) groups is 1. The van der Waals surface area contributed by atoms with Crippen LogP contribution in [0.5, 0.6) is 5.75 Å². The zero-order chi connectivity index (χ0) is 19.2. The molecular formula is C22H30N2O3. The number of hydrogen-bond donors (Lipinski definition) is 1. The third-order valence-corrected chi connectivity index (χ3v) is 5.15. The fourth-order valence-electron chi connectivity index (χ4n) is 3.91. The van der Waals surface area contributed by atoms with E-state index in [9.17, 15) is 4.79 Å². The highest BCUT2D eigenvalue weighted by Gasteiger charge is 2.25. The Bertz CT molecular complexity index is 726. The molecule has 1 amide bonds. The lowest BCUT2D eigenvalue weighted by Gasteiger charge is -2.33. The van der Waals surface area contributed by atoms with Gasteiger partial charge in [-0.3, -0.25) is 9.69 Å². The minimum Gasteiger partial charge on any atom is -0.483 e. The smallest absolute Gasteiger partial charge is 0.258 e. The van der Waals surface area contributed by atoms with Gasteiger partial charge in [0.05, 0.1) is 12.3 Å². The standard InChI is InChI=1S/C22H30N2O3/c1-16-12-17(2)22(18(3)13-16)27-15-21(25)23-14-19(20-8-7-11-26-20)24-9-5-4-6-10-24/h7-8,11-13,19H,4-6,9-10,14-15H2,1-3H3,(H,23,25)/t19-/m1/s1. The van der Waals surface area contributed by atoms with Crippen LogP contribution in [0.25, 0.3) is 0 Å².